The number of hydrogen-bond acceptors (Lipinski definition) is 3. The minimum absolute atomic E-state index is 0.00393. The van der Waals surface area contributed by atoms with Crippen molar-refractivity contribution in [1.82, 2.24) is 4.90 Å². The molecule has 0 saturated carbocycles. The molecule has 0 unspecified atom stereocenters. The largest absolute Gasteiger partial charge is 0.493 e. The maximum Gasteiger partial charge on any atom is 0.255 e. The summed E-state index contributed by atoms with van der Waals surface area (Å²) in [4.78, 5) is 13.1. The zero-order chi connectivity index (χ0) is 15.8. The highest BCUT2D eigenvalue weighted by atomic mass is 35.5. The maximum absolute atomic E-state index is 12.5. The minimum atomic E-state index is -2.58. The van der Waals surface area contributed by atoms with E-state index < -0.39 is 18.9 Å². The summed E-state index contributed by atoms with van der Waals surface area (Å²) in [7, 11) is 2.99. The Morgan fingerprint density at radius 1 is 1.29 bits per heavy atom. The third kappa shape index (κ3) is 5.38. The Bertz CT molecular complexity index is 472. The fourth-order valence-electron chi connectivity index (χ4n) is 1.86. The molecule has 0 aliphatic carbocycles. The molecule has 0 spiro atoms. The van der Waals surface area contributed by atoms with Crippen LogP contribution >= 0.6 is 11.6 Å². The zero-order valence-electron chi connectivity index (χ0n) is 11.9. The van der Waals surface area contributed by atoms with Crippen molar-refractivity contribution in [2.24, 2.45) is 0 Å². The van der Waals surface area contributed by atoms with Gasteiger partial charge >= 0.3 is 0 Å². The summed E-state index contributed by atoms with van der Waals surface area (Å²) in [6, 6.07) is 5.01. The Balaban J connectivity index is 2.80. The van der Waals surface area contributed by atoms with Gasteiger partial charge in [0.05, 0.1) is 27.2 Å². The number of carbonyl (C=O) groups is 1. The number of methoxy groups -OCH3 is 2. The number of rotatable bonds is 8. The van der Waals surface area contributed by atoms with Gasteiger partial charge < -0.3 is 14.4 Å². The summed E-state index contributed by atoms with van der Waals surface area (Å²) < 4.78 is 35.1. The number of carbonyl (C=O) groups excluding carboxylic acids is 1. The summed E-state index contributed by atoms with van der Waals surface area (Å²) in [6.07, 6.45) is -2.58. The second-order valence-corrected chi connectivity index (χ2v) is 4.66. The summed E-state index contributed by atoms with van der Waals surface area (Å²) in [5, 5.41) is 0. The van der Waals surface area contributed by atoms with Gasteiger partial charge in [0.1, 0.15) is 0 Å². The fraction of sp³-hybridized carbons (Fsp3) is 0.500. The standard InChI is InChI=1S/C14H18ClF2NO3/c1-20-11-4-3-10(7-12(11)21-2)8-14(19)18(6-5-15)9-13(16)17/h3-4,7,13H,5-6,8-9H2,1-2H3. The molecule has 0 aromatic heterocycles. The number of hydrogen-bond donors (Lipinski definition) is 0. The van der Waals surface area contributed by atoms with Gasteiger partial charge in [-0.3, -0.25) is 4.79 Å². The van der Waals surface area contributed by atoms with Crippen LogP contribution in [0.1, 0.15) is 5.56 Å². The van der Waals surface area contributed by atoms with E-state index in [1.807, 2.05) is 0 Å². The van der Waals surface area contributed by atoms with E-state index >= 15 is 0 Å². The van der Waals surface area contributed by atoms with Crippen LogP contribution < -0.4 is 9.47 Å². The van der Waals surface area contributed by atoms with E-state index in [9.17, 15) is 13.6 Å². The highest BCUT2D eigenvalue weighted by Gasteiger charge is 2.18. The quantitative estimate of drug-likeness (QED) is 0.691. The van der Waals surface area contributed by atoms with Crippen molar-refractivity contribution in [3.05, 3.63) is 23.8 Å². The molecule has 1 aromatic carbocycles. The van der Waals surface area contributed by atoms with E-state index in [4.69, 9.17) is 21.1 Å². The van der Waals surface area contributed by atoms with Crippen LogP contribution in [0.5, 0.6) is 11.5 Å². The third-order valence-electron chi connectivity index (χ3n) is 2.87. The van der Waals surface area contributed by atoms with Crippen LogP contribution in [0.3, 0.4) is 0 Å². The lowest BCUT2D eigenvalue weighted by Gasteiger charge is -2.21. The van der Waals surface area contributed by atoms with Crippen molar-refractivity contribution in [2.45, 2.75) is 12.8 Å². The van der Waals surface area contributed by atoms with Crippen molar-refractivity contribution in [3.63, 3.8) is 0 Å². The first kappa shape index (κ1) is 17.5. The van der Waals surface area contributed by atoms with E-state index in [-0.39, 0.29) is 18.8 Å². The lowest BCUT2D eigenvalue weighted by Crippen LogP contribution is -2.37. The molecule has 0 aliphatic heterocycles. The van der Waals surface area contributed by atoms with Crippen molar-refractivity contribution < 1.29 is 23.0 Å². The molecule has 0 fully saturated rings. The lowest BCUT2D eigenvalue weighted by molar-refractivity contribution is -0.132. The Hall–Kier alpha value is -1.56. The average Bonchev–Trinajstić information content (AvgIpc) is 2.46. The summed E-state index contributed by atoms with van der Waals surface area (Å²) >= 11 is 5.54. The molecule has 0 aliphatic rings. The van der Waals surface area contributed by atoms with Gasteiger partial charge in [-0.15, -0.1) is 11.6 Å². The van der Waals surface area contributed by atoms with Gasteiger partial charge in [-0.2, -0.15) is 0 Å². The summed E-state index contributed by atoms with van der Waals surface area (Å²) in [5.41, 5.74) is 0.659. The Kier molecular flexibility index (Phi) is 7.22. The first-order valence-electron chi connectivity index (χ1n) is 6.34. The predicted octanol–water partition coefficient (Wildman–Crippen LogP) is 2.58. The molecule has 4 nitrogen and oxygen atoms in total. The SMILES string of the molecule is COc1ccc(CC(=O)N(CCCl)CC(F)F)cc1OC. The van der Waals surface area contributed by atoms with Crippen LogP contribution in [0.15, 0.2) is 18.2 Å². The number of halogens is 3. The molecule has 118 valence electrons. The molecule has 1 rings (SSSR count). The monoisotopic (exact) mass is 321 g/mol. The predicted molar refractivity (Wildman–Crippen MR) is 76.6 cm³/mol. The van der Waals surface area contributed by atoms with Gasteiger partial charge in [-0.1, -0.05) is 6.07 Å². The average molecular weight is 322 g/mol. The highest BCUT2D eigenvalue weighted by Crippen LogP contribution is 2.27. The van der Waals surface area contributed by atoms with Crippen molar-refractivity contribution >= 4 is 17.5 Å². The van der Waals surface area contributed by atoms with E-state index in [0.29, 0.717) is 17.1 Å². The molecule has 0 bridgehead atoms. The maximum atomic E-state index is 12.5. The molecule has 0 saturated heterocycles. The van der Waals surface area contributed by atoms with E-state index in [1.165, 1.54) is 14.2 Å². The van der Waals surface area contributed by atoms with E-state index in [1.54, 1.807) is 18.2 Å². The van der Waals surface area contributed by atoms with Gasteiger partial charge in [0.25, 0.3) is 6.43 Å². The van der Waals surface area contributed by atoms with Crippen LogP contribution in [-0.4, -0.2) is 50.4 Å². The zero-order valence-corrected chi connectivity index (χ0v) is 12.7. The molecule has 1 aromatic rings. The van der Waals surface area contributed by atoms with Gasteiger partial charge in [0.2, 0.25) is 5.91 Å². The molecule has 21 heavy (non-hydrogen) atoms. The van der Waals surface area contributed by atoms with Crippen molar-refractivity contribution in [2.75, 3.05) is 33.2 Å². The van der Waals surface area contributed by atoms with Crippen LogP contribution in [0.25, 0.3) is 0 Å². The van der Waals surface area contributed by atoms with E-state index in [2.05, 4.69) is 0 Å². The molecular formula is C14H18ClF2NO3. The molecule has 0 N–H and O–H groups in total. The topological polar surface area (TPSA) is 38.8 Å². The minimum Gasteiger partial charge on any atom is -0.493 e. The molecule has 0 heterocycles. The summed E-state index contributed by atoms with van der Waals surface area (Å²) in [5.74, 6) is 0.743. The van der Waals surface area contributed by atoms with Crippen LogP contribution in [-0.2, 0) is 11.2 Å². The van der Waals surface area contributed by atoms with Gasteiger partial charge in [0, 0.05) is 12.4 Å². The third-order valence-corrected chi connectivity index (χ3v) is 3.04. The first-order valence-corrected chi connectivity index (χ1v) is 6.88. The first-order chi connectivity index (χ1) is 10.0. The Labute approximate surface area is 127 Å². The van der Waals surface area contributed by atoms with Crippen molar-refractivity contribution in [3.8, 4) is 11.5 Å². The molecule has 0 radical (unpaired) electrons. The van der Waals surface area contributed by atoms with Gasteiger partial charge in [0.15, 0.2) is 11.5 Å². The lowest BCUT2D eigenvalue weighted by atomic mass is 10.1. The Morgan fingerprint density at radius 3 is 2.48 bits per heavy atom. The Morgan fingerprint density at radius 2 is 1.95 bits per heavy atom. The number of amides is 1. The number of benzene rings is 1. The smallest absolute Gasteiger partial charge is 0.255 e. The molecule has 1 amide bonds. The van der Waals surface area contributed by atoms with Crippen molar-refractivity contribution in [1.29, 1.82) is 0 Å². The van der Waals surface area contributed by atoms with Crippen LogP contribution in [0, 0.1) is 0 Å². The number of ether oxygens (including phenoxy) is 2. The van der Waals surface area contributed by atoms with E-state index in [0.717, 1.165) is 4.90 Å². The number of nitrogens with zero attached hydrogens (tertiary/aromatic N) is 1. The van der Waals surface area contributed by atoms with Gasteiger partial charge in [-0.05, 0) is 17.7 Å². The fourth-order valence-corrected chi connectivity index (χ4v) is 2.07. The molecular weight excluding hydrogens is 304 g/mol. The van der Waals surface area contributed by atoms with Crippen LogP contribution in [0.4, 0.5) is 8.78 Å². The normalized spacial score (nSPS) is 10.6. The molecule has 0 atom stereocenters. The summed E-state index contributed by atoms with van der Waals surface area (Å²) in [6.45, 7) is -0.517. The highest BCUT2D eigenvalue weighted by molar-refractivity contribution is 6.18. The molecule has 7 heteroatoms. The second kappa shape index (κ2) is 8.67. The second-order valence-electron chi connectivity index (χ2n) is 4.29. The number of alkyl halides is 3. The van der Waals surface area contributed by atoms with Crippen LogP contribution in [0.2, 0.25) is 0 Å². The van der Waals surface area contributed by atoms with Gasteiger partial charge in [-0.25, -0.2) is 8.78 Å².